The summed E-state index contributed by atoms with van der Waals surface area (Å²) in [5, 5.41) is 9.04. The van der Waals surface area contributed by atoms with Crippen LogP contribution in [0.3, 0.4) is 0 Å². The van der Waals surface area contributed by atoms with E-state index in [9.17, 15) is 4.79 Å². The minimum atomic E-state index is -1.09. The number of aromatic carboxylic acids is 1. The molecule has 1 N–H and O–H groups in total. The number of para-hydroxylation sites is 1. The van der Waals surface area contributed by atoms with Gasteiger partial charge in [0.05, 0.1) is 34.9 Å². The van der Waals surface area contributed by atoms with Crippen LogP contribution >= 0.6 is 0 Å². The molecule has 0 radical (unpaired) electrons. The molecule has 0 amide bonds. The number of hydrogen-bond donors (Lipinski definition) is 1. The van der Waals surface area contributed by atoms with E-state index in [0.29, 0.717) is 11.4 Å². The third-order valence-electron chi connectivity index (χ3n) is 3.18. The summed E-state index contributed by atoms with van der Waals surface area (Å²) in [5.41, 5.74) is 3.69. The topological polar surface area (TPSA) is 80.9 Å². The predicted octanol–water partition coefficient (Wildman–Crippen LogP) is 2.04. The Hall–Kier alpha value is -2.76. The van der Waals surface area contributed by atoms with E-state index in [1.807, 2.05) is 29.8 Å². The van der Waals surface area contributed by atoms with E-state index in [4.69, 9.17) is 5.11 Å². The zero-order chi connectivity index (χ0) is 14.3. The Labute approximate surface area is 114 Å². The van der Waals surface area contributed by atoms with Crippen LogP contribution in [0.25, 0.3) is 22.3 Å². The summed E-state index contributed by atoms with van der Waals surface area (Å²) in [6.45, 7) is 1.80. The molecule has 0 unspecified atom stereocenters. The molecule has 3 aromatic rings. The molecular weight excluding hydrogens is 256 g/mol. The fraction of sp³-hybridized carbons (Fsp3) is 0.143. The maximum atomic E-state index is 11.0. The number of rotatable bonds is 2. The van der Waals surface area contributed by atoms with Gasteiger partial charge in [-0.3, -0.25) is 4.98 Å². The van der Waals surface area contributed by atoms with Gasteiger partial charge in [0.2, 0.25) is 0 Å². The smallest absolute Gasteiger partial charge is 0.356 e. The van der Waals surface area contributed by atoms with Crippen molar-refractivity contribution in [2.45, 2.75) is 6.92 Å². The minimum Gasteiger partial charge on any atom is -0.476 e. The number of carboxylic acids is 1. The predicted molar refractivity (Wildman–Crippen MR) is 73.4 cm³/mol. The highest BCUT2D eigenvalue weighted by Crippen LogP contribution is 2.27. The van der Waals surface area contributed by atoms with Gasteiger partial charge < -0.3 is 9.67 Å². The molecular formula is C14H12N4O2. The van der Waals surface area contributed by atoms with Crippen LogP contribution in [0.4, 0.5) is 0 Å². The van der Waals surface area contributed by atoms with Gasteiger partial charge in [-0.1, -0.05) is 12.1 Å². The van der Waals surface area contributed by atoms with E-state index in [0.717, 1.165) is 16.6 Å². The Kier molecular flexibility index (Phi) is 2.71. The first-order chi connectivity index (χ1) is 9.58. The molecule has 1 aromatic carbocycles. The first-order valence-electron chi connectivity index (χ1n) is 6.05. The van der Waals surface area contributed by atoms with Gasteiger partial charge in [-0.15, -0.1) is 0 Å². The standard InChI is InChI=1S/C14H12N4O2/c1-8-12(17-10(6-15-8)14(19)20)9-4-3-5-11-13(9)16-7-18(11)2/h3-7H,1-2H3,(H,19,20). The Bertz CT molecular complexity index is 823. The lowest BCUT2D eigenvalue weighted by Gasteiger charge is -2.06. The number of hydrogen-bond acceptors (Lipinski definition) is 4. The van der Waals surface area contributed by atoms with Gasteiger partial charge in [-0.25, -0.2) is 14.8 Å². The highest BCUT2D eigenvalue weighted by Gasteiger charge is 2.14. The van der Waals surface area contributed by atoms with Crippen molar-refractivity contribution in [2.24, 2.45) is 7.05 Å². The highest BCUT2D eigenvalue weighted by molar-refractivity contribution is 5.92. The summed E-state index contributed by atoms with van der Waals surface area (Å²) in [5.74, 6) is -1.09. The van der Waals surface area contributed by atoms with Gasteiger partial charge in [-0.05, 0) is 13.0 Å². The zero-order valence-electron chi connectivity index (χ0n) is 11.0. The molecule has 0 fully saturated rings. The molecule has 2 heterocycles. The molecule has 6 heteroatoms. The summed E-state index contributed by atoms with van der Waals surface area (Å²) in [4.78, 5) is 23.7. The Morgan fingerprint density at radius 2 is 2.10 bits per heavy atom. The van der Waals surface area contributed by atoms with Crippen LogP contribution in [0.5, 0.6) is 0 Å². The summed E-state index contributed by atoms with van der Waals surface area (Å²) in [6.07, 6.45) is 2.98. The van der Waals surface area contributed by atoms with Crippen LogP contribution in [0, 0.1) is 6.92 Å². The van der Waals surface area contributed by atoms with Crippen LogP contribution < -0.4 is 0 Å². The molecule has 0 saturated heterocycles. The molecule has 0 atom stereocenters. The summed E-state index contributed by atoms with van der Waals surface area (Å²) in [7, 11) is 1.91. The first kappa shape index (κ1) is 12.3. The third-order valence-corrected chi connectivity index (χ3v) is 3.18. The van der Waals surface area contributed by atoms with Gasteiger partial charge in [0.25, 0.3) is 0 Å². The monoisotopic (exact) mass is 268 g/mol. The van der Waals surface area contributed by atoms with Crippen molar-refractivity contribution in [3.63, 3.8) is 0 Å². The van der Waals surface area contributed by atoms with Gasteiger partial charge in [-0.2, -0.15) is 0 Å². The SMILES string of the molecule is Cc1ncc(C(=O)O)nc1-c1cccc2c1ncn2C. The molecule has 0 aliphatic carbocycles. The van der Waals surface area contributed by atoms with Crippen molar-refractivity contribution in [1.29, 1.82) is 0 Å². The van der Waals surface area contributed by atoms with Crippen LogP contribution in [0.2, 0.25) is 0 Å². The van der Waals surface area contributed by atoms with Crippen LogP contribution in [-0.2, 0) is 7.05 Å². The molecule has 0 bridgehead atoms. The Balaban J connectivity index is 2.30. The Morgan fingerprint density at radius 3 is 2.85 bits per heavy atom. The lowest BCUT2D eigenvalue weighted by Crippen LogP contribution is -2.04. The van der Waals surface area contributed by atoms with E-state index in [1.54, 1.807) is 13.3 Å². The number of aryl methyl sites for hydroxylation is 2. The second-order valence-corrected chi connectivity index (χ2v) is 4.52. The molecule has 0 aliphatic heterocycles. The van der Waals surface area contributed by atoms with Crippen molar-refractivity contribution >= 4 is 17.0 Å². The number of carboxylic acid groups (broad SMARTS) is 1. The van der Waals surface area contributed by atoms with E-state index in [2.05, 4.69) is 15.0 Å². The van der Waals surface area contributed by atoms with Crippen LogP contribution in [0.1, 0.15) is 16.2 Å². The fourth-order valence-corrected chi connectivity index (χ4v) is 2.16. The van der Waals surface area contributed by atoms with Crippen molar-refractivity contribution in [2.75, 3.05) is 0 Å². The number of carbonyl (C=O) groups is 1. The van der Waals surface area contributed by atoms with E-state index >= 15 is 0 Å². The quantitative estimate of drug-likeness (QED) is 0.769. The van der Waals surface area contributed by atoms with Crippen LogP contribution in [-0.4, -0.2) is 30.6 Å². The first-order valence-corrected chi connectivity index (χ1v) is 6.05. The number of benzene rings is 1. The maximum absolute atomic E-state index is 11.0. The number of imidazole rings is 1. The lowest BCUT2D eigenvalue weighted by atomic mass is 10.1. The third kappa shape index (κ3) is 1.82. The second-order valence-electron chi connectivity index (χ2n) is 4.52. The molecule has 6 nitrogen and oxygen atoms in total. The van der Waals surface area contributed by atoms with Crippen molar-refractivity contribution in [3.8, 4) is 11.3 Å². The average molecular weight is 268 g/mol. The van der Waals surface area contributed by atoms with E-state index < -0.39 is 5.97 Å². The molecule has 0 spiro atoms. The second kappa shape index (κ2) is 4.41. The Morgan fingerprint density at radius 1 is 1.30 bits per heavy atom. The largest absolute Gasteiger partial charge is 0.476 e. The van der Waals surface area contributed by atoms with Gasteiger partial charge in [0, 0.05) is 12.6 Å². The number of fused-ring (bicyclic) bond motifs is 1. The molecule has 3 rings (SSSR count). The normalized spacial score (nSPS) is 10.9. The van der Waals surface area contributed by atoms with Crippen molar-refractivity contribution in [3.05, 3.63) is 42.1 Å². The van der Waals surface area contributed by atoms with E-state index in [1.165, 1.54) is 6.20 Å². The molecule has 100 valence electrons. The molecule has 2 aromatic heterocycles. The maximum Gasteiger partial charge on any atom is 0.356 e. The summed E-state index contributed by atoms with van der Waals surface area (Å²) in [6, 6.07) is 5.72. The molecule has 0 aliphatic rings. The molecule has 20 heavy (non-hydrogen) atoms. The van der Waals surface area contributed by atoms with Crippen LogP contribution in [0.15, 0.2) is 30.7 Å². The summed E-state index contributed by atoms with van der Waals surface area (Å²) < 4.78 is 1.91. The number of aromatic nitrogens is 4. The van der Waals surface area contributed by atoms with E-state index in [-0.39, 0.29) is 5.69 Å². The van der Waals surface area contributed by atoms with Gasteiger partial charge >= 0.3 is 5.97 Å². The zero-order valence-corrected chi connectivity index (χ0v) is 11.0. The summed E-state index contributed by atoms with van der Waals surface area (Å²) >= 11 is 0. The van der Waals surface area contributed by atoms with Gasteiger partial charge in [0.15, 0.2) is 5.69 Å². The van der Waals surface area contributed by atoms with Crippen molar-refractivity contribution < 1.29 is 9.90 Å². The van der Waals surface area contributed by atoms with Gasteiger partial charge in [0.1, 0.15) is 0 Å². The van der Waals surface area contributed by atoms with Crippen molar-refractivity contribution in [1.82, 2.24) is 19.5 Å². The fourth-order valence-electron chi connectivity index (χ4n) is 2.16. The highest BCUT2D eigenvalue weighted by atomic mass is 16.4. The molecule has 0 saturated carbocycles. The lowest BCUT2D eigenvalue weighted by molar-refractivity contribution is 0.0690. The minimum absolute atomic E-state index is 0.0708. The number of nitrogens with zero attached hydrogens (tertiary/aromatic N) is 4. The average Bonchev–Trinajstić information content (AvgIpc) is 2.81.